The summed E-state index contributed by atoms with van der Waals surface area (Å²) < 4.78 is 13.5. The molecule has 0 aliphatic heterocycles. The Balaban J connectivity index is 2.77. The fourth-order valence-corrected chi connectivity index (χ4v) is 2.30. The van der Waals surface area contributed by atoms with Gasteiger partial charge in [0.15, 0.2) is 0 Å². The molecule has 0 fully saturated rings. The Bertz CT molecular complexity index is 457. The van der Waals surface area contributed by atoms with Crippen molar-refractivity contribution in [1.29, 1.82) is 0 Å². The number of anilines is 1. The van der Waals surface area contributed by atoms with Gasteiger partial charge in [0.25, 0.3) is 0 Å². The number of nitrogens with one attached hydrogen (secondary N) is 1. The Morgan fingerprint density at radius 3 is 2.58 bits per heavy atom. The van der Waals surface area contributed by atoms with Gasteiger partial charge >= 0.3 is 0 Å². The van der Waals surface area contributed by atoms with Crippen molar-refractivity contribution in [1.82, 2.24) is 0 Å². The third-order valence-electron chi connectivity index (χ3n) is 2.70. The van der Waals surface area contributed by atoms with Gasteiger partial charge < -0.3 is 11.1 Å². The summed E-state index contributed by atoms with van der Waals surface area (Å²) in [4.78, 5) is 12.2. The van der Waals surface area contributed by atoms with Gasteiger partial charge in [-0.25, -0.2) is 4.39 Å². The quantitative estimate of drug-likeness (QED) is 0.887. The van der Waals surface area contributed by atoms with E-state index in [0.717, 1.165) is 0 Å². The molecule has 1 atom stereocenters. The van der Waals surface area contributed by atoms with Gasteiger partial charge in [-0.1, -0.05) is 20.8 Å². The third kappa shape index (κ3) is 5.28. The fraction of sp³-hybridized carbons (Fsp3) is 0.500. The van der Waals surface area contributed by atoms with Crippen LogP contribution in [0, 0.1) is 17.2 Å². The largest absolute Gasteiger partial charge is 0.330 e. The second-order valence-corrected chi connectivity index (χ2v) is 6.67. The van der Waals surface area contributed by atoms with E-state index in [2.05, 4.69) is 42.0 Å². The van der Waals surface area contributed by atoms with Crippen LogP contribution in [-0.4, -0.2) is 12.5 Å². The molecule has 3 nitrogen and oxygen atoms in total. The summed E-state index contributed by atoms with van der Waals surface area (Å²) in [7, 11) is 0. The predicted octanol–water partition coefficient (Wildman–Crippen LogP) is 3.54. The first-order valence-electron chi connectivity index (χ1n) is 6.19. The molecule has 0 aliphatic rings. The van der Waals surface area contributed by atoms with Crippen LogP contribution in [0.15, 0.2) is 22.7 Å². The number of halogens is 2. The molecule has 106 valence electrons. The van der Waals surface area contributed by atoms with Crippen LogP contribution in [0.1, 0.15) is 27.2 Å². The summed E-state index contributed by atoms with van der Waals surface area (Å²) in [5.41, 5.74) is 6.25. The summed E-state index contributed by atoms with van der Waals surface area (Å²) in [5.74, 6) is -0.739. The first-order valence-corrected chi connectivity index (χ1v) is 6.98. The van der Waals surface area contributed by atoms with Gasteiger partial charge in [0, 0.05) is 11.0 Å². The third-order valence-corrected chi connectivity index (χ3v) is 3.36. The molecule has 5 heteroatoms. The second kappa shape index (κ2) is 6.48. The molecule has 0 saturated heterocycles. The average molecular weight is 331 g/mol. The molecule has 0 heterocycles. The highest BCUT2D eigenvalue weighted by atomic mass is 79.9. The molecular formula is C14H20BrFN2O. The molecule has 0 aliphatic carbocycles. The molecule has 1 amide bonds. The van der Waals surface area contributed by atoms with E-state index in [9.17, 15) is 9.18 Å². The van der Waals surface area contributed by atoms with Crippen molar-refractivity contribution in [3.63, 3.8) is 0 Å². The van der Waals surface area contributed by atoms with Gasteiger partial charge in [-0.2, -0.15) is 0 Å². The zero-order chi connectivity index (χ0) is 14.6. The topological polar surface area (TPSA) is 55.1 Å². The van der Waals surface area contributed by atoms with Crippen molar-refractivity contribution in [3.05, 3.63) is 28.5 Å². The molecule has 0 aromatic heterocycles. The predicted molar refractivity (Wildman–Crippen MR) is 79.3 cm³/mol. The van der Waals surface area contributed by atoms with Crippen LogP contribution in [-0.2, 0) is 4.79 Å². The standard InChI is InChI=1S/C14H20BrFN2O/c1-14(2,3)7-9(8-17)13(19)18-12-5-4-10(16)6-11(12)15/h4-6,9H,7-8,17H2,1-3H3,(H,18,19). The minimum atomic E-state index is -0.352. The first kappa shape index (κ1) is 16.1. The van der Waals surface area contributed by atoms with Crippen LogP contribution in [0.4, 0.5) is 10.1 Å². The monoisotopic (exact) mass is 330 g/mol. The summed E-state index contributed by atoms with van der Waals surface area (Å²) in [6, 6.07) is 4.15. The highest BCUT2D eigenvalue weighted by molar-refractivity contribution is 9.10. The Kier molecular flexibility index (Phi) is 5.50. The molecule has 19 heavy (non-hydrogen) atoms. The maximum Gasteiger partial charge on any atom is 0.228 e. The smallest absolute Gasteiger partial charge is 0.228 e. The summed E-state index contributed by atoms with van der Waals surface area (Å²) in [6.07, 6.45) is 0.703. The lowest BCUT2D eigenvalue weighted by molar-refractivity contribution is -0.120. The van der Waals surface area contributed by atoms with Gasteiger partial charge in [-0.05, 0) is 46.0 Å². The number of carbonyl (C=O) groups excluding carboxylic acids is 1. The number of rotatable bonds is 4. The first-order chi connectivity index (χ1) is 8.73. The van der Waals surface area contributed by atoms with E-state index in [1.165, 1.54) is 18.2 Å². The maximum absolute atomic E-state index is 13.0. The van der Waals surface area contributed by atoms with Crippen molar-refractivity contribution < 1.29 is 9.18 Å². The normalized spacial score (nSPS) is 13.2. The van der Waals surface area contributed by atoms with E-state index >= 15 is 0 Å². The SMILES string of the molecule is CC(C)(C)CC(CN)C(=O)Nc1ccc(F)cc1Br. The van der Waals surface area contributed by atoms with Gasteiger partial charge in [0.05, 0.1) is 11.6 Å². The van der Waals surface area contributed by atoms with Crippen molar-refractivity contribution in [2.45, 2.75) is 27.2 Å². The van der Waals surface area contributed by atoms with Crippen molar-refractivity contribution >= 4 is 27.5 Å². The average Bonchev–Trinajstić information content (AvgIpc) is 2.28. The molecule has 0 saturated carbocycles. The lowest BCUT2D eigenvalue weighted by atomic mass is 9.84. The minimum absolute atomic E-state index is 0.0292. The molecule has 0 radical (unpaired) electrons. The van der Waals surface area contributed by atoms with Crippen LogP contribution in [0.2, 0.25) is 0 Å². The Morgan fingerprint density at radius 1 is 1.47 bits per heavy atom. The van der Waals surface area contributed by atoms with Crippen LogP contribution < -0.4 is 11.1 Å². The molecule has 1 unspecified atom stereocenters. The molecule has 0 bridgehead atoms. The molecule has 0 spiro atoms. The van der Waals surface area contributed by atoms with Gasteiger partial charge in [-0.15, -0.1) is 0 Å². The number of amides is 1. The lowest BCUT2D eigenvalue weighted by Crippen LogP contribution is -2.32. The molecular weight excluding hydrogens is 311 g/mol. The fourth-order valence-electron chi connectivity index (χ4n) is 1.85. The van der Waals surface area contributed by atoms with Crippen LogP contribution in [0.5, 0.6) is 0 Å². The van der Waals surface area contributed by atoms with Crippen LogP contribution in [0.3, 0.4) is 0 Å². The van der Waals surface area contributed by atoms with Gasteiger partial charge in [-0.3, -0.25) is 4.79 Å². The van der Waals surface area contributed by atoms with E-state index in [-0.39, 0.29) is 23.1 Å². The number of carbonyl (C=O) groups is 1. The van der Waals surface area contributed by atoms with Crippen LogP contribution >= 0.6 is 15.9 Å². The Hall–Kier alpha value is -0.940. The Labute approximate surface area is 121 Å². The van der Waals surface area contributed by atoms with E-state index in [1.807, 2.05) is 0 Å². The van der Waals surface area contributed by atoms with Crippen molar-refractivity contribution in [2.75, 3.05) is 11.9 Å². The summed E-state index contributed by atoms with van der Waals surface area (Å²) in [6.45, 7) is 6.49. The zero-order valence-electron chi connectivity index (χ0n) is 11.5. The molecule has 1 aromatic carbocycles. The summed E-state index contributed by atoms with van der Waals surface area (Å²) in [5, 5.41) is 2.78. The number of hydrogen-bond acceptors (Lipinski definition) is 2. The molecule has 1 aromatic rings. The lowest BCUT2D eigenvalue weighted by Gasteiger charge is -2.24. The van der Waals surface area contributed by atoms with E-state index in [0.29, 0.717) is 23.1 Å². The highest BCUT2D eigenvalue weighted by Gasteiger charge is 2.24. The maximum atomic E-state index is 13.0. The Morgan fingerprint density at radius 2 is 2.11 bits per heavy atom. The zero-order valence-corrected chi connectivity index (χ0v) is 13.1. The van der Waals surface area contributed by atoms with Crippen molar-refractivity contribution in [2.24, 2.45) is 17.1 Å². The van der Waals surface area contributed by atoms with Crippen LogP contribution in [0.25, 0.3) is 0 Å². The second-order valence-electron chi connectivity index (χ2n) is 5.81. The number of hydrogen-bond donors (Lipinski definition) is 2. The van der Waals surface area contributed by atoms with E-state index in [4.69, 9.17) is 5.73 Å². The summed E-state index contributed by atoms with van der Waals surface area (Å²) >= 11 is 3.22. The molecule has 3 N–H and O–H groups in total. The highest BCUT2D eigenvalue weighted by Crippen LogP contribution is 2.27. The number of nitrogens with two attached hydrogens (primary N) is 1. The molecule has 1 rings (SSSR count). The van der Waals surface area contributed by atoms with Gasteiger partial charge in [0.2, 0.25) is 5.91 Å². The minimum Gasteiger partial charge on any atom is -0.330 e. The van der Waals surface area contributed by atoms with E-state index < -0.39 is 0 Å². The van der Waals surface area contributed by atoms with Crippen molar-refractivity contribution in [3.8, 4) is 0 Å². The number of benzene rings is 1. The van der Waals surface area contributed by atoms with Gasteiger partial charge in [0.1, 0.15) is 5.82 Å². The van der Waals surface area contributed by atoms with E-state index in [1.54, 1.807) is 0 Å².